The number of thioether (sulfide) groups is 1. The van der Waals surface area contributed by atoms with Crippen LogP contribution in [0.15, 0.2) is 102 Å². The van der Waals surface area contributed by atoms with E-state index in [1.807, 2.05) is 48.5 Å². The lowest BCUT2D eigenvalue weighted by Crippen LogP contribution is -2.31. The van der Waals surface area contributed by atoms with Crippen molar-refractivity contribution in [2.24, 2.45) is 0 Å². The average Bonchev–Trinajstić information content (AvgIpc) is 2.96. The summed E-state index contributed by atoms with van der Waals surface area (Å²) in [7, 11) is 0. The molecule has 6 nitrogen and oxygen atoms in total. The molecule has 1 atom stereocenters. The Morgan fingerprint density at radius 1 is 1.00 bits per heavy atom. The van der Waals surface area contributed by atoms with E-state index in [4.69, 9.17) is 11.6 Å². The summed E-state index contributed by atoms with van der Waals surface area (Å²) in [6.07, 6.45) is 0.142. The van der Waals surface area contributed by atoms with Crippen LogP contribution in [0.3, 0.4) is 0 Å². The number of fused-ring (bicyclic) bond motifs is 1. The minimum Gasteiger partial charge on any atom is -0.325 e. The van der Waals surface area contributed by atoms with Gasteiger partial charge in [-0.25, -0.2) is 0 Å². The van der Waals surface area contributed by atoms with E-state index in [1.54, 1.807) is 36.4 Å². The molecule has 0 saturated heterocycles. The lowest BCUT2D eigenvalue weighted by molar-refractivity contribution is -0.121. The molecule has 0 bridgehead atoms. The standard InChI is InChI=1S/C31H22ClN3O3S/c32-21-13-14-27(25(15-21)30(38)20-8-2-1-3-9-20)34-29(37)18-39-31-26(17-33)24(16-28(36)35-31)23-12-6-10-19-7-4-5-11-22(19)23/h1-15,24H,16,18H2,(H,34,37)(H,35,36)/t24-/m0/s1. The van der Waals surface area contributed by atoms with E-state index in [2.05, 4.69) is 16.7 Å². The van der Waals surface area contributed by atoms with Crippen LogP contribution in [0.1, 0.15) is 33.8 Å². The lowest BCUT2D eigenvalue weighted by Gasteiger charge is -2.26. The second-order valence-electron chi connectivity index (χ2n) is 8.95. The molecule has 2 amide bonds. The quantitative estimate of drug-likeness (QED) is 0.258. The van der Waals surface area contributed by atoms with Crippen molar-refractivity contribution < 1.29 is 14.4 Å². The number of nitrogens with one attached hydrogen (secondary N) is 2. The van der Waals surface area contributed by atoms with Gasteiger partial charge < -0.3 is 10.6 Å². The maximum Gasteiger partial charge on any atom is 0.234 e. The van der Waals surface area contributed by atoms with Gasteiger partial charge in [-0.05, 0) is 34.5 Å². The van der Waals surface area contributed by atoms with Crippen molar-refractivity contribution in [3.8, 4) is 6.07 Å². The Balaban J connectivity index is 1.37. The Morgan fingerprint density at radius 2 is 1.74 bits per heavy atom. The van der Waals surface area contributed by atoms with Crippen LogP contribution >= 0.6 is 23.4 Å². The number of rotatable bonds is 7. The van der Waals surface area contributed by atoms with E-state index in [9.17, 15) is 19.6 Å². The molecule has 0 fully saturated rings. The number of nitriles is 1. The number of amides is 2. The summed E-state index contributed by atoms with van der Waals surface area (Å²) in [5.74, 6) is -1.39. The first-order valence-corrected chi connectivity index (χ1v) is 13.5. The van der Waals surface area contributed by atoms with Gasteiger partial charge in [0, 0.05) is 28.5 Å². The van der Waals surface area contributed by atoms with Crippen molar-refractivity contribution in [2.75, 3.05) is 11.1 Å². The Bertz CT molecular complexity index is 1670. The zero-order chi connectivity index (χ0) is 27.4. The smallest absolute Gasteiger partial charge is 0.234 e. The fourth-order valence-corrected chi connectivity index (χ4v) is 5.68. The molecule has 8 heteroatoms. The largest absolute Gasteiger partial charge is 0.325 e. The highest BCUT2D eigenvalue weighted by Gasteiger charge is 2.31. The molecule has 4 aromatic carbocycles. The van der Waals surface area contributed by atoms with Crippen LogP contribution < -0.4 is 10.6 Å². The molecular weight excluding hydrogens is 530 g/mol. The van der Waals surface area contributed by atoms with Gasteiger partial charge in [0.15, 0.2) is 5.78 Å². The van der Waals surface area contributed by atoms with Gasteiger partial charge in [0.1, 0.15) is 0 Å². The van der Waals surface area contributed by atoms with Crippen LogP contribution in [0.5, 0.6) is 0 Å². The fraction of sp³-hybridized carbons (Fsp3) is 0.0968. The van der Waals surface area contributed by atoms with Gasteiger partial charge in [-0.2, -0.15) is 5.26 Å². The predicted molar refractivity (Wildman–Crippen MR) is 155 cm³/mol. The van der Waals surface area contributed by atoms with E-state index in [0.29, 0.717) is 26.9 Å². The SMILES string of the molecule is N#CC1=C(SCC(=O)Nc2ccc(Cl)cc2C(=O)c2ccccc2)NC(=O)C[C@H]1c1cccc2ccccc12. The summed E-state index contributed by atoms with van der Waals surface area (Å²) in [4.78, 5) is 38.7. The summed E-state index contributed by atoms with van der Waals surface area (Å²) in [5.41, 5.74) is 2.38. The summed E-state index contributed by atoms with van der Waals surface area (Å²) in [6.45, 7) is 0. The number of carbonyl (C=O) groups excluding carboxylic acids is 3. The Labute approximate surface area is 234 Å². The van der Waals surface area contributed by atoms with E-state index in [0.717, 1.165) is 28.1 Å². The maximum atomic E-state index is 13.1. The van der Waals surface area contributed by atoms with Crippen molar-refractivity contribution in [1.82, 2.24) is 5.32 Å². The van der Waals surface area contributed by atoms with Crippen molar-refractivity contribution in [1.29, 1.82) is 5.26 Å². The Hall–Kier alpha value is -4.38. The van der Waals surface area contributed by atoms with E-state index < -0.39 is 11.8 Å². The zero-order valence-corrected chi connectivity index (χ0v) is 22.2. The number of benzene rings is 4. The highest BCUT2D eigenvalue weighted by atomic mass is 35.5. The van der Waals surface area contributed by atoms with Gasteiger partial charge in [0.05, 0.1) is 28.1 Å². The third-order valence-corrected chi connectivity index (χ3v) is 7.69. The topological polar surface area (TPSA) is 99.1 Å². The van der Waals surface area contributed by atoms with Crippen molar-refractivity contribution in [2.45, 2.75) is 12.3 Å². The molecule has 1 heterocycles. The van der Waals surface area contributed by atoms with Crippen molar-refractivity contribution in [3.63, 3.8) is 0 Å². The van der Waals surface area contributed by atoms with Crippen LogP contribution in [0, 0.1) is 11.3 Å². The third-order valence-electron chi connectivity index (χ3n) is 6.44. The van der Waals surface area contributed by atoms with Gasteiger partial charge in [-0.15, -0.1) is 0 Å². The second-order valence-corrected chi connectivity index (χ2v) is 10.4. The molecule has 0 radical (unpaired) electrons. The molecule has 5 rings (SSSR count). The average molecular weight is 552 g/mol. The Morgan fingerprint density at radius 3 is 2.54 bits per heavy atom. The Kier molecular flexibility index (Phi) is 7.78. The molecule has 0 aliphatic carbocycles. The highest BCUT2D eigenvalue weighted by Crippen LogP contribution is 2.39. The van der Waals surface area contributed by atoms with Gasteiger partial charge >= 0.3 is 0 Å². The molecule has 39 heavy (non-hydrogen) atoms. The predicted octanol–water partition coefficient (Wildman–Crippen LogP) is 6.43. The first-order chi connectivity index (χ1) is 18.9. The lowest BCUT2D eigenvalue weighted by atomic mass is 9.84. The molecule has 1 aliphatic rings. The maximum absolute atomic E-state index is 13.1. The number of nitrogens with zero attached hydrogens (tertiary/aromatic N) is 1. The summed E-state index contributed by atoms with van der Waals surface area (Å²) in [6, 6.07) is 29.4. The first kappa shape index (κ1) is 26.2. The molecule has 2 N–H and O–H groups in total. The molecular formula is C31H22ClN3O3S. The van der Waals surface area contributed by atoms with Crippen LogP contribution in [0.25, 0.3) is 10.8 Å². The van der Waals surface area contributed by atoms with Crippen molar-refractivity contribution in [3.05, 3.63) is 123 Å². The van der Waals surface area contributed by atoms with Gasteiger partial charge in [-0.1, -0.05) is 96.2 Å². The summed E-state index contributed by atoms with van der Waals surface area (Å²) in [5, 5.41) is 18.3. The zero-order valence-electron chi connectivity index (χ0n) is 20.6. The fourth-order valence-electron chi connectivity index (χ4n) is 4.64. The van der Waals surface area contributed by atoms with Gasteiger partial charge in [0.2, 0.25) is 11.8 Å². The molecule has 4 aromatic rings. The number of anilines is 1. The van der Waals surface area contributed by atoms with Crippen molar-refractivity contribution >= 4 is 57.4 Å². The van der Waals surface area contributed by atoms with E-state index in [1.165, 1.54) is 6.07 Å². The van der Waals surface area contributed by atoms with Crippen LogP contribution in [0.4, 0.5) is 5.69 Å². The van der Waals surface area contributed by atoms with Crippen LogP contribution in [-0.2, 0) is 9.59 Å². The second kappa shape index (κ2) is 11.6. The number of ketones is 1. The third kappa shape index (κ3) is 5.73. The molecule has 0 saturated carbocycles. The molecule has 0 spiro atoms. The van der Waals surface area contributed by atoms with Gasteiger partial charge in [-0.3, -0.25) is 14.4 Å². The minimum atomic E-state index is -0.424. The van der Waals surface area contributed by atoms with E-state index in [-0.39, 0.29) is 29.4 Å². The van der Waals surface area contributed by atoms with Crippen LogP contribution in [-0.4, -0.2) is 23.4 Å². The van der Waals surface area contributed by atoms with Gasteiger partial charge in [0.25, 0.3) is 0 Å². The minimum absolute atomic E-state index is 0.0787. The number of hydrogen-bond donors (Lipinski definition) is 2. The normalized spacial score (nSPS) is 15.0. The summed E-state index contributed by atoms with van der Waals surface area (Å²) < 4.78 is 0. The molecule has 0 aromatic heterocycles. The number of halogens is 1. The molecule has 192 valence electrons. The monoisotopic (exact) mass is 551 g/mol. The van der Waals surface area contributed by atoms with Crippen LogP contribution in [0.2, 0.25) is 5.02 Å². The number of carbonyl (C=O) groups is 3. The van der Waals surface area contributed by atoms with E-state index >= 15 is 0 Å². The molecule has 0 unspecified atom stereocenters. The summed E-state index contributed by atoms with van der Waals surface area (Å²) >= 11 is 7.23. The first-order valence-electron chi connectivity index (χ1n) is 12.2. The highest BCUT2D eigenvalue weighted by molar-refractivity contribution is 8.03. The molecule has 1 aliphatic heterocycles. The number of hydrogen-bond acceptors (Lipinski definition) is 5. The number of allylic oxidation sites excluding steroid dienone is 1.